The topological polar surface area (TPSA) is 80.4 Å². The van der Waals surface area contributed by atoms with E-state index < -0.39 is 0 Å². The van der Waals surface area contributed by atoms with Crippen LogP contribution in [0.15, 0.2) is 22.9 Å². The van der Waals surface area contributed by atoms with Gasteiger partial charge in [-0.2, -0.15) is 0 Å². The van der Waals surface area contributed by atoms with E-state index in [-0.39, 0.29) is 23.8 Å². The number of hydrogen-bond acceptors (Lipinski definition) is 4. The van der Waals surface area contributed by atoms with E-state index in [0.717, 1.165) is 5.82 Å². The van der Waals surface area contributed by atoms with E-state index in [9.17, 15) is 9.59 Å². The Hall–Kier alpha value is -2.57. The van der Waals surface area contributed by atoms with Crippen LogP contribution in [0.25, 0.3) is 0 Å². The van der Waals surface area contributed by atoms with Crippen molar-refractivity contribution in [2.45, 2.75) is 33.2 Å². The maximum Gasteiger partial charge on any atom is 0.254 e. The first-order chi connectivity index (χ1) is 11.9. The van der Waals surface area contributed by atoms with E-state index >= 15 is 0 Å². The van der Waals surface area contributed by atoms with Gasteiger partial charge in [0.1, 0.15) is 17.3 Å². The zero-order valence-corrected chi connectivity index (χ0v) is 15.1. The molecular weight excluding hydrogens is 320 g/mol. The van der Waals surface area contributed by atoms with Crippen molar-refractivity contribution in [2.75, 3.05) is 13.1 Å². The number of rotatable bonds is 5. The summed E-state index contributed by atoms with van der Waals surface area (Å²) in [7, 11) is 1.92. The van der Waals surface area contributed by atoms with Gasteiger partial charge < -0.3 is 19.2 Å². The highest BCUT2D eigenvalue weighted by molar-refractivity contribution is 5.95. The number of hydrogen-bond donors (Lipinski definition) is 1. The molecule has 2 aromatic rings. The fraction of sp³-hybridized carbons (Fsp3) is 0.500. The molecule has 0 aromatic carbocycles. The quantitative estimate of drug-likeness (QED) is 0.899. The maximum absolute atomic E-state index is 12.4. The largest absolute Gasteiger partial charge is 0.466 e. The number of carbonyl (C=O) groups excluding carboxylic acids is 2. The van der Waals surface area contributed by atoms with Gasteiger partial charge in [-0.15, -0.1) is 0 Å². The third-order valence-electron chi connectivity index (χ3n) is 4.81. The summed E-state index contributed by atoms with van der Waals surface area (Å²) in [5.74, 6) is 2.09. The Morgan fingerprint density at radius 1 is 1.44 bits per heavy atom. The summed E-state index contributed by atoms with van der Waals surface area (Å²) in [6.07, 6.45) is 4.02. The van der Waals surface area contributed by atoms with Crippen LogP contribution in [-0.4, -0.2) is 39.4 Å². The third-order valence-corrected chi connectivity index (χ3v) is 4.81. The van der Waals surface area contributed by atoms with Gasteiger partial charge in [0.05, 0.1) is 11.6 Å². The summed E-state index contributed by atoms with van der Waals surface area (Å²) < 4.78 is 7.35. The first-order valence-corrected chi connectivity index (χ1v) is 8.54. The molecule has 2 aromatic heterocycles. The number of nitrogens with one attached hydrogen (secondary N) is 1. The van der Waals surface area contributed by atoms with Crippen LogP contribution in [0.5, 0.6) is 0 Å². The molecule has 1 aliphatic heterocycles. The van der Waals surface area contributed by atoms with Gasteiger partial charge in [0.2, 0.25) is 5.91 Å². The molecule has 0 bridgehead atoms. The predicted molar refractivity (Wildman–Crippen MR) is 92.0 cm³/mol. The number of amides is 2. The van der Waals surface area contributed by atoms with E-state index in [1.165, 1.54) is 0 Å². The Morgan fingerprint density at radius 2 is 2.20 bits per heavy atom. The molecule has 2 atom stereocenters. The molecule has 7 nitrogen and oxygen atoms in total. The molecular formula is C18H24N4O3. The molecule has 134 valence electrons. The Morgan fingerprint density at radius 3 is 2.76 bits per heavy atom. The minimum absolute atomic E-state index is 0.00851. The number of aromatic nitrogens is 2. The second-order valence-electron chi connectivity index (χ2n) is 6.52. The van der Waals surface area contributed by atoms with Gasteiger partial charge in [0.15, 0.2) is 0 Å². The highest BCUT2D eigenvalue weighted by Crippen LogP contribution is 2.36. The lowest BCUT2D eigenvalue weighted by Crippen LogP contribution is -2.35. The minimum atomic E-state index is -0.171. The van der Waals surface area contributed by atoms with E-state index in [2.05, 4.69) is 10.3 Å². The van der Waals surface area contributed by atoms with Crippen LogP contribution < -0.4 is 5.32 Å². The molecule has 0 saturated carbocycles. The predicted octanol–water partition coefficient (Wildman–Crippen LogP) is 1.97. The van der Waals surface area contributed by atoms with Crippen LogP contribution >= 0.6 is 0 Å². The lowest BCUT2D eigenvalue weighted by molar-refractivity contribution is -0.128. The standard InChI is InChI=1S/C18H24N4O3/c1-5-22-15(23)9-13(16(22)17-19-6-7-21(17)4)10-20-18(24)14-8-11(2)25-12(14)3/h6-8,13,16H,5,9-10H2,1-4H3,(H,20,24)/t13-,16+/m0/s1. The highest BCUT2D eigenvalue weighted by atomic mass is 16.3. The minimum Gasteiger partial charge on any atom is -0.466 e. The van der Waals surface area contributed by atoms with Crippen molar-refractivity contribution in [3.63, 3.8) is 0 Å². The fourth-order valence-electron chi connectivity index (χ4n) is 3.61. The van der Waals surface area contributed by atoms with Gasteiger partial charge in [-0.25, -0.2) is 4.98 Å². The number of furan rings is 1. The summed E-state index contributed by atoms with van der Waals surface area (Å²) in [6, 6.07) is 1.61. The summed E-state index contributed by atoms with van der Waals surface area (Å²) >= 11 is 0. The molecule has 7 heteroatoms. The normalized spacial score (nSPS) is 20.3. The highest BCUT2D eigenvalue weighted by Gasteiger charge is 2.41. The number of carbonyl (C=O) groups is 2. The molecule has 0 radical (unpaired) electrons. The van der Waals surface area contributed by atoms with Gasteiger partial charge in [0.25, 0.3) is 5.91 Å². The van der Waals surface area contributed by atoms with Crippen molar-refractivity contribution in [1.29, 1.82) is 0 Å². The van der Waals surface area contributed by atoms with Crippen molar-refractivity contribution in [3.05, 3.63) is 41.4 Å². The van der Waals surface area contributed by atoms with Gasteiger partial charge in [-0.1, -0.05) is 0 Å². The molecule has 0 aliphatic carbocycles. The van der Waals surface area contributed by atoms with Crippen LogP contribution in [0.2, 0.25) is 0 Å². The average Bonchev–Trinajstić information content (AvgIpc) is 3.21. The van der Waals surface area contributed by atoms with Crippen molar-refractivity contribution in [3.8, 4) is 0 Å². The summed E-state index contributed by atoms with van der Waals surface area (Å²) in [5.41, 5.74) is 0.544. The molecule has 1 aliphatic rings. The number of likely N-dealkylation sites (tertiary alicyclic amines) is 1. The van der Waals surface area contributed by atoms with Crippen LogP contribution in [0, 0.1) is 19.8 Å². The van der Waals surface area contributed by atoms with Crippen LogP contribution in [-0.2, 0) is 11.8 Å². The van der Waals surface area contributed by atoms with Gasteiger partial charge in [0, 0.05) is 44.9 Å². The Kier molecular flexibility index (Phi) is 4.65. The van der Waals surface area contributed by atoms with Crippen molar-refractivity contribution < 1.29 is 14.0 Å². The van der Waals surface area contributed by atoms with Crippen molar-refractivity contribution in [2.24, 2.45) is 13.0 Å². The van der Waals surface area contributed by atoms with Crippen molar-refractivity contribution in [1.82, 2.24) is 19.8 Å². The second-order valence-corrected chi connectivity index (χ2v) is 6.52. The first kappa shape index (κ1) is 17.3. The summed E-state index contributed by atoms with van der Waals surface area (Å²) in [6.45, 7) is 6.60. The average molecular weight is 344 g/mol. The SMILES string of the molecule is CCN1C(=O)C[C@@H](CNC(=O)c2cc(C)oc2C)[C@@H]1c1nccn1C. The number of nitrogens with zero attached hydrogens (tertiary/aromatic N) is 3. The Labute approximate surface area is 147 Å². The molecule has 1 saturated heterocycles. The van der Waals surface area contributed by atoms with E-state index in [1.54, 1.807) is 19.2 Å². The first-order valence-electron chi connectivity index (χ1n) is 8.54. The number of aryl methyl sites for hydroxylation is 3. The molecule has 1 fully saturated rings. The molecule has 3 heterocycles. The van der Waals surface area contributed by atoms with E-state index in [1.807, 2.05) is 36.6 Å². The molecule has 1 N–H and O–H groups in total. The smallest absolute Gasteiger partial charge is 0.254 e. The zero-order valence-electron chi connectivity index (χ0n) is 15.1. The molecule has 25 heavy (non-hydrogen) atoms. The van der Waals surface area contributed by atoms with Crippen LogP contribution in [0.4, 0.5) is 0 Å². The molecule has 2 amide bonds. The third kappa shape index (κ3) is 3.18. The van der Waals surface area contributed by atoms with Crippen LogP contribution in [0.3, 0.4) is 0 Å². The summed E-state index contributed by atoms with van der Waals surface area (Å²) in [4.78, 5) is 31.1. The lowest BCUT2D eigenvalue weighted by Gasteiger charge is -2.27. The molecule has 0 unspecified atom stereocenters. The van der Waals surface area contributed by atoms with E-state index in [4.69, 9.17) is 4.42 Å². The molecule has 0 spiro atoms. The fourth-order valence-corrected chi connectivity index (χ4v) is 3.61. The van der Waals surface area contributed by atoms with Gasteiger partial charge >= 0.3 is 0 Å². The monoisotopic (exact) mass is 344 g/mol. The van der Waals surface area contributed by atoms with Crippen LogP contribution in [0.1, 0.15) is 47.1 Å². The maximum atomic E-state index is 12.4. The van der Waals surface area contributed by atoms with Gasteiger partial charge in [-0.3, -0.25) is 9.59 Å². The van der Waals surface area contributed by atoms with E-state index in [0.29, 0.717) is 36.6 Å². The Bertz CT molecular complexity index is 792. The summed E-state index contributed by atoms with van der Waals surface area (Å²) in [5, 5.41) is 2.96. The van der Waals surface area contributed by atoms with Gasteiger partial charge in [-0.05, 0) is 26.8 Å². The lowest BCUT2D eigenvalue weighted by atomic mass is 9.99. The zero-order chi connectivity index (χ0) is 18.1. The number of imidazole rings is 1. The van der Waals surface area contributed by atoms with Crippen molar-refractivity contribution >= 4 is 11.8 Å². The molecule has 3 rings (SSSR count). The Balaban J connectivity index is 1.76. The second kappa shape index (κ2) is 6.74.